The highest BCUT2D eigenvalue weighted by Crippen LogP contribution is 2.28. The molecule has 0 aliphatic carbocycles. The van der Waals surface area contributed by atoms with Crippen LogP contribution in [0, 0.1) is 0 Å². The molecule has 2 rings (SSSR count). The fourth-order valence-electron chi connectivity index (χ4n) is 0.934. The Morgan fingerprint density at radius 2 is 2.56 bits per heavy atom. The molecule has 2 heterocycles. The number of fused-ring (bicyclic) bond motifs is 1. The summed E-state index contributed by atoms with van der Waals surface area (Å²) in [6.45, 7) is 0. The molecule has 0 aromatic rings. The number of aliphatic imine (C=N–C) groups is 1. The fraction of sp³-hybridized carbons (Fsp3) is 0.167. The van der Waals surface area contributed by atoms with Crippen molar-refractivity contribution in [1.82, 2.24) is 5.32 Å². The van der Waals surface area contributed by atoms with E-state index in [0.29, 0.717) is 5.57 Å². The largest absolute Gasteiger partial charge is 0.337 e. The molecular weight excluding hydrogens is 119 g/mol. The number of alkyl halides is 1. The van der Waals surface area contributed by atoms with Gasteiger partial charge in [-0.2, -0.15) is 4.39 Å². The summed E-state index contributed by atoms with van der Waals surface area (Å²) in [4.78, 5) is 3.57. The van der Waals surface area contributed by atoms with Crippen molar-refractivity contribution in [2.24, 2.45) is 4.99 Å². The van der Waals surface area contributed by atoms with Crippen LogP contribution in [-0.2, 0) is 0 Å². The van der Waals surface area contributed by atoms with Crippen molar-refractivity contribution in [3.63, 3.8) is 0 Å². The van der Waals surface area contributed by atoms with E-state index in [4.69, 9.17) is 0 Å². The van der Waals surface area contributed by atoms with E-state index in [-0.39, 0.29) is 0 Å². The minimum absolute atomic E-state index is 0.586. The number of nitrogens with zero attached hydrogens (tertiary/aromatic N) is 1. The Bertz CT molecular complexity index is 229. The first-order chi connectivity index (χ1) is 4.31. The molecule has 2 nitrogen and oxygen atoms in total. The molecule has 0 spiro atoms. The standard InChI is InChI=1S/C6H5FN2/c7-6-5(1-3-8-6)2-4-9-6/h1-4,8H. The number of nitrogens with one attached hydrogen (secondary N) is 1. The zero-order chi connectivity index (χ0) is 6.32. The van der Waals surface area contributed by atoms with E-state index in [2.05, 4.69) is 10.3 Å². The van der Waals surface area contributed by atoms with Crippen molar-refractivity contribution in [1.29, 1.82) is 0 Å². The van der Waals surface area contributed by atoms with Gasteiger partial charge in [-0.15, -0.1) is 0 Å². The molecule has 0 bridgehead atoms. The highest BCUT2D eigenvalue weighted by atomic mass is 19.1. The third-order valence-electron chi connectivity index (χ3n) is 1.43. The number of hydrogen-bond acceptors (Lipinski definition) is 2. The molecule has 1 N–H and O–H groups in total. The van der Waals surface area contributed by atoms with Crippen molar-refractivity contribution >= 4 is 6.21 Å². The van der Waals surface area contributed by atoms with Crippen molar-refractivity contribution < 1.29 is 4.39 Å². The zero-order valence-corrected chi connectivity index (χ0v) is 4.63. The number of hydrogen-bond donors (Lipinski definition) is 1. The summed E-state index contributed by atoms with van der Waals surface area (Å²) >= 11 is 0. The van der Waals surface area contributed by atoms with Gasteiger partial charge < -0.3 is 5.32 Å². The van der Waals surface area contributed by atoms with Gasteiger partial charge in [0.1, 0.15) is 0 Å². The third kappa shape index (κ3) is 0.460. The molecule has 2 aliphatic rings. The summed E-state index contributed by atoms with van der Waals surface area (Å²) in [5.41, 5.74) is 0.586. The minimum Gasteiger partial charge on any atom is -0.337 e. The van der Waals surface area contributed by atoms with E-state index in [1.54, 1.807) is 18.4 Å². The van der Waals surface area contributed by atoms with Crippen molar-refractivity contribution in [2.45, 2.75) is 5.92 Å². The smallest absolute Gasteiger partial charge is 0.301 e. The van der Waals surface area contributed by atoms with Crippen LogP contribution in [0.1, 0.15) is 0 Å². The second kappa shape index (κ2) is 1.23. The van der Waals surface area contributed by atoms with Gasteiger partial charge in [0.2, 0.25) is 0 Å². The van der Waals surface area contributed by atoms with E-state index in [1.165, 1.54) is 6.21 Å². The molecule has 3 heteroatoms. The molecule has 0 aromatic carbocycles. The Morgan fingerprint density at radius 1 is 1.67 bits per heavy atom. The zero-order valence-electron chi connectivity index (χ0n) is 4.63. The summed E-state index contributed by atoms with van der Waals surface area (Å²) in [5.74, 6) is -1.63. The summed E-state index contributed by atoms with van der Waals surface area (Å²) in [6, 6.07) is 0. The maximum atomic E-state index is 13.1. The quantitative estimate of drug-likeness (QED) is 0.473. The van der Waals surface area contributed by atoms with Crippen LogP contribution >= 0.6 is 0 Å². The van der Waals surface area contributed by atoms with Gasteiger partial charge in [-0.1, -0.05) is 0 Å². The van der Waals surface area contributed by atoms with Crippen molar-refractivity contribution in [3.05, 3.63) is 23.9 Å². The Labute approximate surface area is 51.8 Å². The second-order valence-corrected chi connectivity index (χ2v) is 2.00. The van der Waals surface area contributed by atoms with E-state index in [1.807, 2.05) is 0 Å². The maximum absolute atomic E-state index is 13.1. The molecule has 9 heavy (non-hydrogen) atoms. The van der Waals surface area contributed by atoms with Gasteiger partial charge in [0.25, 0.3) is 0 Å². The Hall–Kier alpha value is -1.12. The van der Waals surface area contributed by atoms with Gasteiger partial charge in [0.15, 0.2) is 0 Å². The number of allylic oxidation sites excluding steroid dienone is 1. The van der Waals surface area contributed by atoms with E-state index >= 15 is 0 Å². The summed E-state index contributed by atoms with van der Waals surface area (Å²) in [5, 5.41) is 2.48. The van der Waals surface area contributed by atoms with Crippen LogP contribution in [0.25, 0.3) is 0 Å². The predicted octanol–water partition coefficient (Wildman–Crippen LogP) is 0.737. The van der Waals surface area contributed by atoms with Gasteiger partial charge in [-0.25, -0.2) is 4.99 Å². The topological polar surface area (TPSA) is 24.4 Å². The lowest BCUT2D eigenvalue weighted by Gasteiger charge is -2.11. The molecule has 0 saturated heterocycles. The summed E-state index contributed by atoms with van der Waals surface area (Å²) in [7, 11) is 0. The summed E-state index contributed by atoms with van der Waals surface area (Å²) < 4.78 is 13.1. The van der Waals surface area contributed by atoms with Gasteiger partial charge in [0.05, 0.1) is 0 Å². The number of rotatable bonds is 0. The van der Waals surface area contributed by atoms with Gasteiger partial charge in [0, 0.05) is 18.0 Å². The van der Waals surface area contributed by atoms with Gasteiger partial charge in [-0.05, 0) is 12.2 Å². The van der Waals surface area contributed by atoms with Crippen LogP contribution in [0.4, 0.5) is 4.39 Å². The lowest BCUT2D eigenvalue weighted by atomic mass is 10.2. The highest BCUT2D eigenvalue weighted by molar-refractivity contribution is 5.78. The first-order valence-corrected chi connectivity index (χ1v) is 2.70. The lowest BCUT2D eigenvalue weighted by molar-refractivity contribution is 0.215. The first kappa shape index (κ1) is 4.73. The van der Waals surface area contributed by atoms with Gasteiger partial charge in [-0.3, -0.25) is 0 Å². The van der Waals surface area contributed by atoms with E-state index < -0.39 is 5.92 Å². The molecule has 0 amide bonds. The van der Waals surface area contributed by atoms with E-state index in [0.717, 1.165) is 0 Å². The van der Waals surface area contributed by atoms with Gasteiger partial charge >= 0.3 is 5.92 Å². The molecule has 0 saturated carbocycles. The van der Waals surface area contributed by atoms with Crippen LogP contribution in [-0.4, -0.2) is 12.1 Å². The molecule has 2 aliphatic heterocycles. The SMILES string of the molecule is FC12N=CC=C1C=CN2. The third-order valence-corrected chi connectivity index (χ3v) is 1.43. The van der Waals surface area contributed by atoms with E-state index in [9.17, 15) is 4.39 Å². The molecule has 1 atom stereocenters. The molecule has 46 valence electrons. The normalized spacial score (nSPS) is 36.3. The summed E-state index contributed by atoms with van der Waals surface area (Å²) in [6.07, 6.45) is 6.34. The van der Waals surface area contributed by atoms with Crippen LogP contribution in [0.3, 0.4) is 0 Å². The Morgan fingerprint density at radius 3 is 3.33 bits per heavy atom. The highest BCUT2D eigenvalue weighted by Gasteiger charge is 2.36. The molecule has 0 radical (unpaired) electrons. The lowest BCUT2D eigenvalue weighted by Crippen LogP contribution is -2.30. The van der Waals surface area contributed by atoms with Crippen LogP contribution in [0.2, 0.25) is 0 Å². The van der Waals surface area contributed by atoms with Crippen LogP contribution < -0.4 is 5.32 Å². The second-order valence-electron chi connectivity index (χ2n) is 2.00. The van der Waals surface area contributed by atoms with Crippen molar-refractivity contribution in [2.75, 3.05) is 0 Å². The maximum Gasteiger partial charge on any atom is 0.301 e. The molecule has 1 unspecified atom stereocenters. The first-order valence-electron chi connectivity index (χ1n) is 2.70. The monoisotopic (exact) mass is 124 g/mol. The molecule has 0 fully saturated rings. The predicted molar refractivity (Wildman–Crippen MR) is 32.7 cm³/mol. The molecule has 0 aromatic heterocycles. The minimum atomic E-state index is -1.63. The molecular formula is C6H5FN2. The van der Waals surface area contributed by atoms with Crippen molar-refractivity contribution in [3.8, 4) is 0 Å². The Kier molecular flexibility index (Phi) is 0.649. The van der Waals surface area contributed by atoms with Crippen LogP contribution in [0.5, 0.6) is 0 Å². The average molecular weight is 124 g/mol. The average Bonchev–Trinajstić information content (AvgIpc) is 2.22. The Balaban J connectivity index is 2.48. The van der Waals surface area contributed by atoms with Crippen LogP contribution in [0.15, 0.2) is 28.9 Å². The fourth-order valence-corrected chi connectivity index (χ4v) is 0.934. The number of halogens is 1.